The zero-order valence-electron chi connectivity index (χ0n) is 15.7. The van der Waals surface area contributed by atoms with Gasteiger partial charge in [0.2, 0.25) is 5.82 Å². The van der Waals surface area contributed by atoms with Crippen LogP contribution in [0.15, 0.2) is 34.9 Å². The van der Waals surface area contributed by atoms with Gasteiger partial charge in [0.1, 0.15) is 11.5 Å². The minimum absolute atomic E-state index is 0.00486. The molecular formula is C19H22N6O2. The fourth-order valence-electron chi connectivity index (χ4n) is 3.38. The lowest BCUT2D eigenvalue weighted by Gasteiger charge is -2.23. The molecule has 3 heterocycles. The van der Waals surface area contributed by atoms with Gasteiger partial charge in [-0.2, -0.15) is 4.80 Å². The second kappa shape index (κ2) is 6.94. The van der Waals surface area contributed by atoms with Crippen LogP contribution in [-0.4, -0.2) is 42.7 Å². The van der Waals surface area contributed by atoms with Crippen LogP contribution < -0.4 is 0 Å². The van der Waals surface area contributed by atoms with Gasteiger partial charge in [-0.05, 0) is 30.2 Å². The Balaban J connectivity index is 1.54. The lowest BCUT2D eigenvalue weighted by molar-refractivity contribution is 0.0731. The molecule has 1 atom stereocenters. The number of benzene rings is 1. The maximum atomic E-state index is 13.0. The van der Waals surface area contributed by atoms with Crippen LogP contribution in [0, 0.1) is 0 Å². The molecule has 27 heavy (non-hydrogen) atoms. The number of aromatic nitrogens is 5. The number of tetrazole rings is 1. The molecular weight excluding hydrogens is 344 g/mol. The average Bonchev–Trinajstić information content (AvgIpc) is 3.40. The Morgan fingerprint density at radius 1 is 1.26 bits per heavy atom. The number of carbonyl (C=O) groups excluding carboxylic acids is 1. The lowest BCUT2D eigenvalue weighted by atomic mass is 10.1. The van der Waals surface area contributed by atoms with Crippen molar-refractivity contribution in [2.75, 3.05) is 6.54 Å². The van der Waals surface area contributed by atoms with Crippen molar-refractivity contribution in [3.8, 4) is 11.4 Å². The summed E-state index contributed by atoms with van der Waals surface area (Å²) in [6.45, 7) is 4.85. The molecule has 1 aliphatic heterocycles. The van der Waals surface area contributed by atoms with Gasteiger partial charge in [0.05, 0.1) is 13.1 Å². The lowest BCUT2D eigenvalue weighted by Crippen LogP contribution is -2.30. The van der Waals surface area contributed by atoms with Crippen molar-refractivity contribution < 1.29 is 9.32 Å². The van der Waals surface area contributed by atoms with Crippen LogP contribution in [0.3, 0.4) is 0 Å². The molecule has 0 spiro atoms. The molecule has 1 fully saturated rings. The molecule has 1 unspecified atom stereocenters. The smallest absolute Gasteiger partial charge is 0.254 e. The zero-order chi connectivity index (χ0) is 19.0. The predicted octanol–water partition coefficient (Wildman–Crippen LogP) is 2.97. The first kappa shape index (κ1) is 17.4. The van der Waals surface area contributed by atoms with Gasteiger partial charge in [-0.3, -0.25) is 4.79 Å². The van der Waals surface area contributed by atoms with Crippen molar-refractivity contribution in [3.05, 3.63) is 47.3 Å². The number of amides is 1. The number of rotatable bonds is 4. The zero-order valence-corrected chi connectivity index (χ0v) is 15.7. The topological polar surface area (TPSA) is 89.9 Å². The summed E-state index contributed by atoms with van der Waals surface area (Å²) in [5.74, 6) is 1.67. The van der Waals surface area contributed by atoms with E-state index in [9.17, 15) is 4.79 Å². The quantitative estimate of drug-likeness (QED) is 0.705. The minimum Gasteiger partial charge on any atom is -0.361 e. The molecule has 8 nitrogen and oxygen atoms in total. The van der Waals surface area contributed by atoms with Gasteiger partial charge in [-0.25, -0.2) is 0 Å². The highest BCUT2D eigenvalue weighted by molar-refractivity contribution is 5.95. The number of hydrogen-bond acceptors (Lipinski definition) is 6. The Kier molecular flexibility index (Phi) is 4.47. The van der Waals surface area contributed by atoms with Crippen molar-refractivity contribution in [3.63, 3.8) is 0 Å². The van der Waals surface area contributed by atoms with Crippen molar-refractivity contribution in [2.45, 2.75) is 38.6 Å². The molecule has 1 saturated heterocycles. The van der Waals surface area contributed by atoms with E-state index in [2.05, 4.69) is 34.4 Å². The second-order valence-electron chi connectivity index (χ2n) is 7.15. The van der Waals surface area contributed by atoms with E-state index < -0.39 is 0 Å². The number of nitrogens with zero attached hydrogens (tertiary/aromatic N) is 6. The van der Waals surface area contributed by atoms with E-state index in [1.807, 2.05) is 35.2 Å². The molecule has 8 heteroatoms. The minimum atomic E-state index is -0.0323. The fraction of sp³-hybridized carbons (Fsp3) is 0.421. The van der Waals surface area contributed by atoms with E-state index in [4.69, 9.17) is 4.52 Å². The average molecular weight is 366 g/mol. The van der Waals surface area contributed by atoms with Gasteiger partial charge >= 0.3 is 0 Å². The van der Waals surface area contributed by atoms with Crippen molar-refractivity contribution in [2.24, 2.45) is 7.05 Å². The highest BCUT2D eigenvalue weighted by atomic mass is 16.5. The van der Waals surface area contributed by atoms with Crippen LogP contribution in [0.5, 0.6) is 0 Å². The number of carbonyl (C=O) groups is 1. The summed E-state index contributed by atoms with van der Waals surface area (Å²) in [6.07, 6.45) is 1.86. The molecule has 0 aliphatic carbocycles. The molecule has 0 saturated carbocycles. The molecule has 2 aromatic heterocycles. The normalized spacial score (nSPS) is 17.0. The Bertz CT molecular complexity index is 943. The molecule has 3 aromatic rings. The SMILES string of the molecule is CC(C)c1cc(C2CCCN2C(=O)c2ccc(-c3nnn(C)n3)cc2)no1. The summed E-state index contributed by atoms with van der Waals surface area (Å²) in [6, 6.07) is 9.27. The molecule has 0 bridgehead atoms. The van der Waals surface area contributed by atoms with Crippen LogP contribution >= 0.6 is 0 Å². The molecule has 0 N–H and O–H groups in total. The van der Waals surface area contributed by atoms with Gasteiger partial charge < -0.3 is 9.42 Å². The van der Waals surface area contributed by atoms with Crippen LogP contribution in [0.25, 0.3) is 11.4 Å². The first-order valence-corrected chi connectivity index (χ1v) is 9.15. The molecule has 4 rings (SSSR count). The predicted molar refractivity (Wildman–Crippen MR) is 97.8 cm³/mol. The number of hydrogen-bond donors (Lipinski definition) is 0. The maximum absolute atomic E-state index is 13.0. The summed E-state index contributed by atoms with van der Waals surface area (Å²) in [7, 11) is 1.72. The van der Waals surface area contributed by atoms with Gasteiger partial charge in [-0.1, -0.05) is 31.1 Å². The summed E-state index contributed by atoms with van der Waals surface area (Å²) in [5, 5.41) is 16.2. The molecule has 1 amide bonds. The highest BCUT2D eigenvalue weighted by Gasteiger charge is 2.33. The largest absolute Gasteiger partial charge is 0.361 e. The summed E-state index contributed by atoms with van der Waals surface area (Å²) >= 11 is 0. The van der Waals surface area contributed by atoms with Crippen LogP contribution in [0.1, 0.15) is 60.5 Å². The van der Waals surface area contributed by atoms with Gasteiger partial charge in [0.15, 0.2) is 0 Å². The maximum Gasteiger partial charge on any atom is 0.254 e. The Labute approximate surface area is 157 Å². The summed E-state index contributed by atoms with van der Waals surface area (Å²) in [4.78, 5) is 16.3. The van der Waals surface area contributed by atoms with Crippen LogP contribution in [0.4, 0.5) is 0 Å². The van der Waals surface area contributed by atoms with Gasteiger partial charge in [0.25, 0.3) is 5.91 Å². The Morgan fingerprint density at radius 2 is 2.04 bits per heavy atom. The molecule has 1 aliphatic rings. The summed E-state index contributed by atoms with van der Waals surface area (Å²) < 4.78 is 5.43. The van der Waals surface area contributed by atoms with Crippen molar-refractivity contribution in [1.29, 1.82) is 0 Å². The third-order valence-corrected chi connectivity index (χ3v) is 4.87. The monoisotopic (exact) mass is 366 g/mol. The van der Waals surface area contributed by atoms with Crippen molar-refractivity contribution >= 4 is 5.91 Å². The van der Waals surface area contributed by atoms with Crippen LogP contribution in [0.2, 0.25) is 0 Å². The van der Waals surface area contributed by atoms with Crippen LogP contribution in [-0.2, 0) is 7.05 Å². The number of likely N-dealkylation sites (tertiary alicyclic amines) is 1. The Morgan fingerprint density at radius 3 is 2.67 bits per heavy atom. The van der Waals surface area contributed by atoms with E-state index in [0.717, 1.165) is 36.4 Å². The Hall–Kier alpha value is -3.03. The van der Waals surface area contributed by atoms with E-state index in [-0.39, 0.29) is 17.9 Å². The first-order valence-electron chi connectivity index (χ1n) is 9.15. The van der Waals surface area contributed by atoms with E-state index in [0.29, 0.717) is 11.4 Å². The summed E-state index contributed by atoms with van der Waals surface area (Å²) in [5.41, 5.74) is 2.31. The highest BCUT2D eigenvalue weighted by Crippen LogP contribution is 2.34. The van der Waals surface area contributed by atoms with Crippen molar-refractivity contribution in [1.82, 2.24) is 30.3 Å². The molecule has 0 radical (unpaired) electrons. The van der Waals surface area contributed by atoms with E-state index in [1.54, 1.807) is 7.05 Å². The van der Waals surface area contributed by atoms with Gasteiger partial charge in [0, 0.05) is 29.7 Å². The second-order valence-corrected chi connectivity index (χ2v) is 7.15. The number of aryl methyl sites for hydroxylation is 1. The third-order valence-electron chi connectivity index (χ3n) is 4.87. The molecule has 140 valence electrons. The fourth-order valence-corrected chi connectivity index (χ4v) is 3.38. The first-order chi connectivity index (χ1) is 13.0. The third kappa shape index (κ3) is 3.34. The standard InChI is InChI=1S/C19H22N6O2/c1-12(2)17-11-15(22-27-17)16-5-4-10-25(16)19(26)14-8-6-13(7-9-14)18-20-23-24(3)21-18/h6-9,11-12,16H,4-5,10H2,1-3H3. The van der Waals surface area contributed by atoms with E-state index in [1.165, 1.54) is 4.80 Å². The molecule has 1 aromatic carbocycles. The van der Waals surface area contributed by atoms with E-state index >= 15 is 0 Å². The van der Waals surface area contributed by atoms with Gasteiger partial charge in [-0.15, -0.1) is 10.2 Å².